The Kier molecular flexibility index (Phi) is 6.57. The molecule has 1 aromatic heterocycles. The third-order valence-electron chi connectivity index (χ3n) is 4.57. The summed E-state index contributed by atoms with van der Waals surface area (Å²) in [5, 5.41) is 12.0. The van der Waals surface area contributed by atoms with Gasteiger partial charge in [0.1, 0.15) is 29.6 Å². The summed E-state index contributed by atoms with van der Waals surface area (Å²) in [7, 11) is 1.55. The zero-order valence-corrected chi connectivity index (χ0v) is 16.8. The van der Waals surface area contributed by atoms with Gasteiger partial charge in [0.2, 0.25) is 0 Å². The Morgan fingerprint density at radius 1 is 1.14 bits per heavy atom. The maximum Gasteiger partial charge on any atom is 0.255 e. The van der Waals surface area contributed by atoms with E-state index in [0.717, 1.165) is 17.7 Å². The zero-order valence-electron chi connectivity index (χ0n) is 16.8. The summed E-state index contributed by atoms with van der Waals surface area (Å²) in [5.74, 6) is 2.12. The highest BCUT2D eigenvalue weighted by Gasteiger charge is 2.13. The van der Waals surface area contributed by atoms with Gasteiger partial charge in [-0.05, 0) is 61.9 Å². The number of hydrogen-bond donors (Lipinski definition) is 2. The topological polar surface area (TPSA) is 80.9 Å². The number of benzene rings is 2. The summed E-state index contributed by atoms with van der Waals surface area (Å²) in [6.45, 7) is 3.89. The van der Waals surface area contributed by atoms with E-state index in [-0.39, 0.29) is 18.6 Å². The molecule has 0 aliphatic heterocycles. The van der Waals surface area contributed by atoms with Gasteiger partial charge in [-0.25, -0.2) is 0 Å². The van der Waals surface area contributed by atoms with Gasteiger partial charge in [-0.3, -0.25) is 4.79 Å². The molecule has 6 heteroatoms. The smallest absolute Gasteiger partial charge is 0.255 e. The Bertz CT molecular complexity index is 962. The molecule has 2 N–H and O–H groups in total. The lowest BCUT2D eigenvalue weighted by Crippen LogP contribution is -2.13. The van der Waals surface area contributed by atoms with Crippen molar-refractivity contribution in [1.82, 2.24) is 0 Å². The van der Waals surface area contributed by atoms with Crippen LogP contribution in [0.5, 0.6) is 11.5 Å². The van der Waals surface area contributed by atoms with E-state index in [0.29, 0.717) is 28.5 Å². The molecule has 0 radical (unpaired) electrons. The number of aliphatic hydroxyl groups excluding tert-OH is 1. The van der Waals surface area contributed by atoms with Gasteiger partial charge in [0.25, 0.3) is 5.91 Å². The Morgan fingerprint density at radius 3 is 2.52 bits per heavy atom. The Hall–Kier alpha value is -3.25. The van der Waals surface area contributed by atoms with E-state index in [1.807, 2.05) is 6.92 Å². The monoisotopic (exact) mass is 395 g/mol. The number of amides is 1. The maximum absolute atomic E-state index is 12.6. The number of ether oxygens (including phenoxy) is 2. The number of carbonyl (C=O) groups is 1. The Balaban J connectivity index is 1.73. The molecule has 2 aromatic carbocycles. The van der Waals surface area contributed by atoms with Gasteiger partial charge in [-0.2, -0.15) is 0 Å². The molecule has 6 nitrogen and oxygen atoms in total. The van der Waals surface area contributed by atoms with E-state index in [1.54, 1.807) is 61.7 Å². The van der Waals surface area contributed by atoms with Crippen molar-refractivity contribution in [2.24, 2.45) is 0 Å². The van der Waals surface area contributed by atoms with Crippen molar-refractivity contribution < 1.29 is 23.8 Å². The molecule has 0 aliphatic carbocycles. The van der Waals surface area contributed by atoms with Crippen molar-refractivity contribution >= 4 is 11.6 Å². The van der Waals surface area contributed by atoms with Gasteiger partial charge >= 0.3 is 0 Å². The van der Waals surface area contributed by atoms with E-state index in [1.165, 1.54) is 0 Å². The highest BCUT2D eigenvalue weighted by Crippen LogP contribution is 2.33. The molecule has 1 atom stereocenters. The van der Waals surface area contributed by atoms with Gasteiger partial charge in [0.15, 0.2) is 0 Å². The second-order valence-electron chi connectivity index (χ2n) is 6.65. The van der Waals surface area contributed by atoms with Gasteiger partial charge in [0, 0.05) is 17.3 Å². The van der Waals surface area contributed by atoms with Crippen molar-refractivity contribution in [2.75, 3.05) is 12.4 Å². The molecular formula is C23H25NO5. The predicted molar refractivity (Wildman–Crippen MR) is 111 cm³/mol. The molecule has 152 valence electrons. The van der Waals surface area contributed by atoms with Crippen LogP contribution in [0.15, 0.2) is 59.0 Å². The molecule has 3 aromatic rings. The number of anilines is 1. The van der Waals surface area contributed by atoms with Crippen LogP contribution < -0.4 is 14.8 Å². The van der Waals surface area contributed by atoms with Crippen LogP contribution in [0.3, 0.4) is 0 Å². The Morgan fingerprint density at radius 2 is 1.90 bits per heavy atom. The molecule has 0 spiro atoms. The molecule has 0 aliphatic rings. The molecule has 0 fully saturated rings. The average molecular weight is 395 g/mol. The van der Waals surface area contributed by atoms with Crippen LogP contribution in [-0.2, 0) is 6.61 Å². The first kappa shape index (κ1) is 20.5. The van der Waals surface area contributed by atoms with Crippen LogP contribution in [0.4, 0.5) is 5.69 Å². The van der Waals surface area contributed by atoms with Crippen molar-refractivity contribution in [1.29, 1.82) is 0 Å². The van der Waals surface area contributed by atoms with Gasteiger partial charge in [-0.1, -0.05) is 6.92 Å². The normalized spacial score (nSPS) is 11.7. The minimum absolute atomic E-state index is 0.128. The highest BCUT2D eigenvalue weighted by molar-refractivity contribution is 6.04. The largest absolute Gasteiger partial charge is 0.496 e. The summed E-state index contributed by atoms with van der Waals surface area (Å²) in [5.41, 5.74) is 1.87. The third kappa shape index (κ3) is 4.97. The molecule has 0 bridgehead atoms. The minimum atomic E-state index is -0.226. The van der Waals surface area contributed by atoms with E-state index in [4.69, 9.17) is 19.0 Å². The van der Waals surface area contributed by atoms with Gasteiger partial charge < -0.3 is 24.3 Å². The summed E-state index contributed by atoms with van der Waals surface area (Å²) < 4.78 is 16.8. The maximum atomic E-state index is 12.6. The molecule has 0 saturated heterocycles. The molecule has 29 heavy (non-hydrogen) atoms. The fraction of sp³-hybridized carbons (Fsp3) is 0.261. The number of furan rings is 1. The number of carbonyl (C=O) groups excluding carboxylic acids is 1. The Labute approximate surface area is 170 Å². The second kappa shape index (κ2) is 9.30. The number of nitrogens with one attached hydrogen (secondary N) is 1. The highest BCUT2D eigenvalue weighted by atomic mass is 16.5. The number of rotatable bonds is 8. The van der Waals surface area contributed by atoms with E-state index >= 15 is 0 Å². The number of hydrogen-bond acceptors (Lipinski definition) is 5. The first-order chi connectivity index (χ1) is 14.0. The van der Waals surface area contributed by atoms with Crippen LogP contribution in [0.1, 0.15) is 36.4 Å². The van der Waals surface area contributed by atoms with Crippen LogP contribution >= 0.6 is 0 Å². The molecule has 1 unspecified atom stereocenters. The molecule has 3 rings (SSSR count). The van der Waals surface area contributed by atoms with Crippen LogP contribution in [0.2, 0.25) is 0 Å². The summed E-state index contributed by atoms with van der Waals surface area (Å²) in [6.07, 6.45) is 1.04. The van der Waals surface area contributed by atoms with Crippen molar-refractivity contribution in [3.05, 3.63) is 65.9 Å². The summed E-state index contributed by atoms with van der Waals surface area (Å²) >= 11 is 0. The molecular weight excluding hydrogens is 370 g/mol. The fourth-order valence-electron chi connectivity index (χ4n) is 2.78. The van der Waals surface area contributed by atoms with E-state index in [2.05, 4.69) is 12.2 Å². The first-order valence-electron chi connectivity index (χ1n) is 9.50. The minimum Gasteiger partial charge on any atom is -0.496 e. The first-order valence-corrected chi connectivity index (χ1v) is 9.50. The van der Waals surface area contributed by atoms with E-state index < -0.39 is 0 Å². The summed E-state index contributed by atoms with van der Waals surface area (Å²) in [4.78, 5) is 12.6. The third-order valence-corrected chi connectivity index (χ3v) is 4.57. The standard InChI is InChI=1S/C23H25NO5/c1-4-15(2)28-18-8-5-16(6-9-18)23(26)24-17-7-11-20(22(13-17)27-3)21-12-10-19(14-25)29-21/h5-13,15,25H,4,14H2,1-3H3,(H,24,26). The van der Waals surface area contributed by atoms with Crippen LogP contribution in [0, 0.1) is 0 Å². The summed E-state index contributed by atoms with van der Waals surface area (Å²) in [6, 6.07) is 15.8. The fourth-order valence-corrected chi connectivity index (χ4v) is 2.78. The lowest BCUT2D eigenvalue weighted by atomic mass is 10.1. The second-order valence-corrected chi connectivity index (χ2v) is 6.65. The van der Waals surface area contributed by atoms with Crippen molar-refractivity contribution in [2.45, 2.75) is 33.0 Å². The van der Waals surface area contributed by atoms with Crippen LogP contribution in [0.25, 0.3) is 11.3 Å². The predicted octanol–water partition coefficient (Wildman–Crippen LogP) is 4.88. The van der Waals surface area contributed by atoms with Gasteiger partial charge in [-0.15, -0.1) is 0 Å². The van der Waals surface area contributed by atoms with E-state index in [9.17, 15) is 4.79 Å². The number of methoxy groups -OCH3 is 1. The lowest BCUT2D eigenvalue weighted by molar-refractivity contribution is 0.102. The van der Waals surface area contributed by atoms with Crippen LogP contribution in [-0.4, -0.2) is 24.2 Å². The molecule has 1 amide bonds. The quantitative estimate of drug-likeness (QED) is 0.568. The lowest BCUT2D eigenvalue weighted by Gasteiger charge is -2.13. The van der Waals surface area contributed by atoms with Gasteiger partial charge in [0.05, 0.1) is 18.8 Å². The SMILES string of the molecule is CCC(C)Oc1ccc(C(=O)Nc2ccc(-c3ccc(CO)o3)c(OC)c2)cc1. The van der Waals surface area contributed by atoms with Crippen molar-refractivity contribution in [3.8, 4) is 22.8 Å². The van der Waals surface area contributed by atoms with Crippen molar-refractivity contribution in [3.63, 3.8) is 0 Å². The molecule has 0 saturated carbocycles. The zero-order chi connectivity index (χ0) is 20.8. The number of aliphatic hydroxyl groups is 1. The molecule has 1 heterocycles. The average Bonchev–Trinajstić information content (AvgIpc) is 3.23.